The summed E-state index contributed by atoms with van der Waals surface area (Å²) in [5.74, 6) is 1.34. The van der Waals surface area contributed by atoms with Gasteiger partial charge in [-0.3, -0.25) is 0 Å². The summed E-state index contributed by atoms with van der Waals surface area (Å²) in [4.78, 5) is 3.32. The Labute approximate surface area is 188 Å². The van der Waals surface area contributed by atoms with Crippen molar-refractivity contribution in [2.75, 3.05) is 13.7 Å². The fraction of sp³-hybridized carbons (Fsp3) is 0.231. The largest absolute Gasteiger partial charge is 0.493 e. The van der Waals surface area contributed by atoms with Gasteiger partial charge in [-0.05, 0) is 48.7 Å². The number of aryl methyl sites for hydroxylation is 1. The molecule has 0 saturated heterocycles. The lowest BCUT2D eigenvalue weighted by Crippen LogP contribution is -2.17. The summed E-state index contributed by atoms with van der Waals surface area (Å²) in [5, 5.41) is 5.43. The Morgan fingerprint density at radius 1 is 0.968 bits per heavy atom. The van der Waals surface area contributed by atoms with Crippen molar-refractivity contribution >= 4 is 22.5 Å². The molecule has 4 aromatic rings. The Bertz CT molecular complexity index is 1170. The van der Waals surface area contributed by atoms with Crippen molar-refractivity contribution < 1.29 is 9.47 Å². The summed E-state index contributed by atoms with van der Waals surface area (Å²) in [6.07, 6.45) is 3.03. The molecule has 1 aromatic heterocycles. The monoisotopic (exact) mass is 434 g/mol. The summed E-state index contributed by atoms with van der Waals surface area (Å²) >= 11 is 6.54. The van der Waals surface area contributed by atoms with Crippen LogP contribution in [-0.2, 0) is 19.6 Å². The second-order valence-electron chi connectivity index (χ2n) is 7.66. The van der Waals surface area contributed by atoms with Crippen LogP contribution >= 0.6 is 11.6 Å². The van der Waals surface area contributed by atoms with E-state index in [1.165, 1.54) is 22.0 Å². The lowest BCUT2D eigenvalue weighted by atomic mass is 10.1. The van der Waals surface area contributed by atoms with Crippen LogP contribution in [-0.4, -0.2) is 18.6 Å². The number of hydrogen-bond donors (Lipinski definition) is 2. The molecule has 0 atom stereocenters. The minimum Gasteiger partial charge on any atom is -0.493 e. The number of halogens is 1. The molecular weight excluding hydrogens is 408 g/mol. The van der Waals surface area contributed by atoms with E-state index in [1.807, 2.05) is 30.3 Å². The van der Waals surface area contributed by atoms with Gasteiger partial charge in [0.1, 0.15) is 6.61 Å². The second-order valence-corrected chi connectivity index (χ2v) is 8.07. The van der Waals surface area contributed by atoms with E-state index in [9.17, 15) is 0 Å². The molecule has 0 unspecified atom stereocenters. The van der Waals surface area contributed by atoms with Gasteiger partial charge in [-0.2, -0.15) is 0 Å². The molecule has 31 heavy (non-hydrogen) atoms. The molecule has 5 heteroatoms. The smallest absolute Gasteiger partial charge is 0.163 e. The first-order valence-corrected chi connectivity index (χ1v) is 10.8. The quantitative estimate of drug-likeness (QED) is 0.315. The number of H-pyrrole nitrogens is 1. The van der Waals surface area contributed by atoms with Crippen LogP contribution in [0.2, 0.25) is 5.02 Å². The molecule has 1 heterocycles. The molecule has 4 rings (SSSR count). The molecule has 0 amide bonds. The topological polar surface area (TPSA) is 46.3 Å². The van der Waals surface area contributed by atoms with Gasteiger partial charge in [0, 0.05) is 34.7 Å². The van der Waals surface area contributed by atoms with Crippen molar-refractivity contribution in [2.24, 2.45) is 0 Å². The number of fused-ring (bicyclic) bond motifs is 1. The van der Waals surface area contributed by atoms with Crippen LogP contribution in [0.5, 0.6) is 11.5 Å². The highest BCUT2D eigenvalue weighted by atomic mass is 35.5. The zero-order valence-electron chi connectivity index (χ0n) is 17.9. The predicted octanol–water partition coefficient (Wildman–Crippen LogP) is 6.05. The Balaban J connectivity index is 1.36. The maximum absolute atomic E-state index is 6.54. The van der Waals surface area contributed by atoms with Crippen molar-refractivity contribution in [1.29, 1.82) is 0 Å². The summed E-state index contributed by atoms with van der Waals surface area (Å²) in [6.45, 7) is 4.06. The van der Waals surface area contributed by atoms with E-state index in [0.717, 1.165) is 24.1 Å². The first kappa shape index (κ1) is 21.3. The lowest BCUT2D eigenvalue weighted by molar-refractivity contribution is 0.284. The Hall–Kier alpha value is -2.95. The molecule has 2 N–H and O–H groups in total. The average Bonchev–Trinajstić information content (AvgIpc) is 3.19. The van der Waals surface area contributed by atoms with Crippen LogP contribution < -0.4 is 14.8 Å². The van der Waals surface area contributed by atoms with E-state index in [-0.39, 0.29) is 0 Å². The van der Waals surface area contributed by atoms with Gasteiger partial charge in [0.05, 0.1) is 7.11 Å². The van der Waals surface area contributed by atoms with Gasteiger partial charge < -0.3 is 19.8 Å². The van der Waals surface area contributed by atoms with Gasteiger partial charge in [0.25, 0.3) is 0 Å². The van der Waals surface area contributed by atoms with E-state index in [1.54, 1.807) is 7.11 Å². The summed E-state index contributed by atoms with van der Waals surface area (Å²) in [5.41, 5.74) is 5.79. The van der Waals surface area contributed by atoms with Gasteiger partial charge in [-0.1, -0.05) is 59.6 Å². The fourth-order valence-electron chi connectivity index (χ4n) is 3.73. The normalized spacial score (nSPS) is 11.1. The Morgan fingerprint density at radius 2 is 1.84 bits per heavy atom. The number of aromatic nitrogens is 1. The van der Waals surface area contributed by atoms with Crippen LogP contribution in [0.1, 0.15) is 22.3 Å². The molecule has 0 aliphatic rings. The molecule has 0 bridgehead atoms. The third-order valence-electron chi connectivity index (χ3n) is 5.37. The standard InChI is InChI=1S/C26H27ClN2O2/c1-18-6-5-7-19(12-18)17-31-26-14-23(27)21(13-25(26)30-2)15-28-11-10-20-16-29-24-9-4-3-8-22(20)24/h3-9,12-14,16,28-29H,10-11,15,17H2,1-2H3. The highest BCUT2D eigenvalue weighted by molar-refractivity contribution is 6.31. The average molecular weight is 435 g/mol. The predicted molar refractivity (Wildman–Crippen MR) is 127 cm³/mol. The van der Waals surface area contributed by atoms with E-state index in [2.05, 4.69) is 53.8 Å². The summed E-state index contributed by atoms with van der Waals surface area (Å²) < 4.78 is 11.5. The van der Waals surface area contributed by atoms with Crippen molar-refractivity contribution in [1.82, 2.24) is 10.3 Å². The SMILES string of the molecule is COc1cc(CNCCc2c[nH]c3ccccc23)c(Cl)cc1OCc1cccc(C)c1. The van der Waals surface area contributed by atoms with Crippen LogP contribution in [0, 0.1) is 6.92 Å². The minimum atomic E-state index is 0.469. The van der Waals surface area contributed by atoms with Crippen molar-refractivity contribution in [2.45, 2.75) is 26.5 Å². The van der Waals surface area contributed by atoms with Crippen molar-refractivity contribution in [3.8, 4) is 11.5 Å². The molecular formula is C26H27ClN2O2. The number of para-hydroxylation sites is 1. The van der Waals surface area contributed by atoms with Gasteiger partial charge in [0.15, 0.2) is 11.5 Å². The molecule has 0 fully saturated rings. The first-order chi connectivity index (χ1) is 15.1. The number of hydrogen-bond acceptors (Lipinski definition) is 3. The minimum absolute atomic E-state index is 0.469. The second kappa shape index (κ2) is 9.90. The van der Waals surface area contributed by atoms with Crippen molar-refractivity contribution in [3.63, 3.8) is 0 Å². The maximum Gasteiger partial charge on any atom is 0.163 e. The zero-order valence-corrected chi connectivity index (χ0v) is 18.6. The van der Waals surface area contributed by atoms with Gasteiger partial charge in [-0.15, -0.1) is 0 Å². The third kappa shape index (κ3) is 5.22. The van der Waals surface area contributed by atoms with Crippen LogP contribution in [0.3, 0.4) is 0 Å². The highest BCUT2D eigenvalue weighted by Gasteiger charge is 2.11. The molecule has 0 spiro atoms. The number of benzene rings is 3. The molecule has 0 aliphatic carbocycles. The number of aromatic amines is 1. The van der Waals surface area contributed by atoms with Gasteiger partial charge in [0.2, 0.25) is 0 Å². The number of methoxy groups -OCH3 is 1. The van der Waals surface area contributed by atoms with Crippen LogP contribution in [0.4, 0.5) is 0 Å². The summed E-state index contributed by atoms with van der Waals surface area (Å²) in [6, 6.07) is 20.4. The molecule has 4 nitrogen and oxygen atoms in total. The molecule has 160 valence electrons. The van der Waals surface area contributed by atoms with E-state index >= 15 is 0 Å². The Kier molecular flexibility index (Phi) is 6.80. The van der Waals surface area contributed by atoms with Crippen LogP contribution in [0.15, 0.2) is 66.9 Å². The lowest BCUT2D eigenvalue weighted by Gasteiger charge is -2.14. The Morgan fingerprint density at radius 3 is 2.68 bits per heavy atom. The summed E-state index contributed by atoms with van der Waals surface area (Å²) in [7, 11) is 1.65. The molecule has 3 aromatic carbocycles. The van der Waals surface area contributed by atoms with E-state index in [0.29, 0.717) is 29.7 Å². The fourth-order valence-corrected chi connectivity index (χ4v) is 3.95. The van der Waals surface area contributed by atoms with Gasteiger partial charge in [-0.25, -0.2) is 0 Å². The maximum atomic E-state index is 6.54. The highest BCUT2D eigenvalue weighted by Crippen LogP contribution is 2.34. The number of nitrogens with one attached hydrogen (secondary N) is 2. The van der Waals surface area contributed by atoms with Crippen molar-refractivity contribution in [3.05, 3.63) is 94.1 Å². The molecule has 0 radical (unpaired) electrons. The van der Waals surface area contributed by atoms with E-state index in [4.69, 9.17) is 21.1 Å². The van der Waals surface area contributed by atoms with Gasteiger partial charge >= 0.3 is 0 Å². The molecule has 0 aliphatic heterocycles. The number of ether oxygens (including phenoxy) is 2. The van der Waals surface area contributed by atoms with Crippen LogP contribution in [0.25, 0.3) is 10.9 Å². The third-order valence-corrected chi connectivity index (χ3v) is 5.72. The molecule has 0 saturated carbocycles. The number of rotatable bonds is 9. The zero-order chi connectivity index (χ0) is 21.6. The first-order valence-electron chi connectivity index (χ1n) is 10.4. The van der Waals surface area contributed by atoms with E-state index < -0.39 is 0 Å².